The predicted molar refractivity (Wildman–Crippen MR) is 148 cm³/mol. The van der Waals surface area contributed by atoms with E-state index in [0.29, 0.717) is 40.8 Å². The van der Waals surface area contributed by atoms with Gasteiger partial charge in [0.1, 0.15) is 11.6 Å². The van der Waals surface area contributed by atoms with Crippen LogP contribution in [-0.2, 0) is 12.7 Å². The van der Waals surface area contributed by atoms with Gasteiger partial charge in [-0.05, 0) is 60.2 Å². The first-order chi connectivity index (χ1) is 18.3. The number of alkyl halides is 3. The number of halogens is 3. The van der Waals surface area contributed by atoms with Gasteiger partial charge in [0, 0.05) is 49.1 Å². The Morgan fingerprint density at radius 2 is 1.61 bits per heavy atom. The van der Waals surface area contributed by atoms with E-state index in [2.05, 4.69) is 36.2 Å². The molecule has 38 heavy (non-hydrogen) atoms. The quantitative estimate of drug-likeness (QED) is 0.137. The van der Waals surface area contributed by atoms with E-state index in [1.54, 1.807) is 37.6 Å². The molecule has 5 N–H and O–H groups in total. The monoisotopic (exact) mass is 536 g/mol. The number of aromatic nitrogens is 3. The Hall–Kier alpha value is -4.58. The van der Waals surface area contributed by atoms with E-state index in [1.807, 2.05) is 18.2 Å². The van der Waals surface area contributed by atoms with Crippen LogP contribution in [0, 0.1) is 5.41 Å². The van der Waals surface area contributed by atoms with Gasteiger partial charge in [-0.2, -0.15) is 13.2 Å². The van der Waals surface area contributed by atoms with E-state index in [0.717, 1.165) is 17.7 Å². The lowest BCUT2D eigenvalue weighted by Crippen LogP contribution is -2.19. The molecule has 0 bridgehead atoms. The maximum absolute atomic E-state index is 13.0. The van der Waals surface area contributed by atoms with Crippen molar-refractivity contribution in [1.82, 2.24) is 15.0 Å². The largest absolute Gasteiger partial charge is 0.416 e. The summed E-state index contributed by atoms with van der Waals surface area (Å²) in [6, 6.07) is 15.7. The SMILES string of the molecule is CNc1nc(-c2cccc(NC(=S)Nc3cccc(C(F)(F)F)c3)c2)nc(NCc2ccncc2)c1C=N. The Kier molecular flexibility index (Phi) is 8.12. The first-order valence-corrected chi connectivity index (χ1v) is 11.8. The highest BCUT2D eigenvalue weighted by atomic mass is 32.1. The van der Waals surface area contributed by atoms with Gasteiger partial charge in [0.2, 0.25) is 0 Å². The molecule has 4 rings (SSSR count). The topological polar surface area (TPSA) is 111 Å². The van der Waals surface area contributed by atoms with E-state index < -0.39 is 11.7 Å². The van der Waals surface area contributed by atoms with Crippen LogP contribution < -0.4 is 21.3 Å². The number of hydrogen-bond donors (Lipinski definition) is 5. The smallest absolute Gasteiger partial charge is 0.372 e. The molecule has 0 saturated heterocycles. The summed E-state index contributed by atoms with van der Waals surface area (Å²) < 4.78 is 39.0. The molecule has 0 aliphatic carbocycles. The summed E-state index contributed by atoms with van der Waals surface area (Å²) in [4.78, 5) is 13.2. The van der Waals surface area contributed by atoms with Gasteiger partial charge in [0.15, 0.2) is 10.9 Å². The number of pyridine rings is 1. The van der Waals surface area contributed by atoms with Gasteiger partial charge in [-0.25, -0.2) is 9.97 Å². The minimum Gasteiger partial charge on any atom is -0.372 e. The van der Waals surface area contributed by atoms with Crippen LogP contribution in [0.2, 0.25) is 0 Å². The van der Waals surface area contributed by atoms with Gasteiger partial charge >= 0.3 is 6.18 Å². The Bertz CT molecular complexity index is 1440. The van der Waals surface area contributed by atoms with Crippen molar-refractivity contribution >= 4 is 46.6 Å². The van der Waals surface area contributed by atoms with Crippen molar-refractivity contribution in [3.63, 3.8) is 0 Å². The van der Waals surface area contributed by atoms with Crippen molar-refractivity contribution in [3.8, 4) is 11.4 Å². The minimum atomic E-state index is -4.45. The molecule has 0 unspecified atom stereocenters. The summed E-state index contributed by atoms with van der Waals surface area (Å²) in [5.74, 6) is 1.35. The lowest BCUT2D eigenvalue weighted by Gasteiger charge is -2.15. The molecule has 4 aromatic rings. The third kappa shape index (κ3) is 6.59. The summed E-state index contributed by atoms with van der Waals surface area (Å²) in [5, 5.41) is 20.0. The van der Waals surface area contributed by atoms with Crippen LogP contribution in [0.15, 0.2) is 73.1 Å². The van der Waals surface area contributed by atoms with Gasteiger partial charge in [-0.3, -0.25) is 4.98 Å². The van der Waals surface area contributed by atoms with E-state index in [-0.39, 0.29) is 10.8 Å². The summed E-state index contributed by atoms with van der Waals surface area (Å²) in [5.41, 5.74) is 2.19. The standard InChI is InChI=1S/C26H23F3N8S/c1-31-23-21(14-30)24(33-15-16-8-10-32-11-9-16)37-22(36-23)17-4-2-6-19(12-17)34-25(38)35-20-7-3-5-18(13-20)26(27,28)29/h2-14,30H,15H2,1H3,(H2,34,35,38)(H2,31,33,36,37). The molecule has 0 aliphatic rings. The molecular weight excluding hydrogens is 513 g/mol. The van der Waals surface area contributed by atoms with Crippen molar-refractivity contribution in [2.24, 2.45) is 0 Å². The third-order valence-electron chi connectivity index (χ3n) is 5.36. The molecule has 2 aromatic heterocycles. The minimum absolute atomic E-state index is 0.122. The lowest BCUT2D eigenvalue weighted by molar-refractivity contribution is -0.137. The molecule has 0 atom stereocenters. The average molecular weight is 537 g/mol. The number of hydrogen-bond acceptors (Lipinski definition) is 7. The fourth-order valence-electron chi connectivity index (χ4n) is 3.55. The highest BCUT2D eigenvalue weighted by molar-refractivity contribution is 7.80. The van der Waals surface area contributed by atoms with Gasteiger partial charge in [-0.1, -0.05) is 18.2 Å². The number of anilines is 4. The Morgan fingerprint density at radius 1 is 0.947 bits per heavy atom. The first-order valence-electron chi connectivity index (χ1n) is 11.4. The number of benzene rings is 2. The molecule has 8 nitrogen and oxygen atoms in total. The maximum atomic E-state index is 13.0. The molecule has 0 saturated carbocycles. The number of nitrogens with one attached hydrogen (secondary N) is 5. The van der Waals surface area contributed by atoms with Crippen molar-refractivity contribution < 1.29 is 13.2 Å². The van der Waals surface area contributed by atoms with E-state index >= 15 is 0 Å². The normalized spacial score (nSPS) is 10.9. The summed E-state index contributed by atoms with van der Waals surface area (Å²) >= 11 is 5.30. The number of rotatable bonds is 8. The molecule has 0 amide bonds. The second-order valence-electron chi connectivity index (χ2n) is 8.00. The second kappa shape index (κ2) is 11.6. The van der Waals surface area contributed by atoms with Crippen molar-refractivity contribution in [2.75, 3.05) is 28.3 Å². The fraction of sp³-hybridized carbons (Fsp3) is 0.115. The molecular formula is C26H23F3N8S. The zero-order chi connectivity index (χ0) is 27.1. The van der Waals surface area contributed by atoms with Crippen LogP contribution in [0.3, 0.4) is 0 Å². The summed E-state index contributed by atoms with van der Waals surface area (Å²) in [7, 11) is 1.71. The fourth-order valence-corrected chi connectivity index (χ4v) is 3.79. The summed E-state index contributed by atoms with van der Waals surface area (Å²) in [6.07, 6.45) is 0.125. The van der Waals surface area contributed by atoms with E-state index in [4.69, 9.17) is 17.6 Å². The van der Waals surface area contributed by atoms with E-state index in [1.165, 1.54) is 18.3 Å². The maximum Gasteiger partial charge on any atom is 0.416 e. The van der Waals surface area contributed by atoms with Crippen LogP contribution >= 0.6 is 12.2 Å². The second-order valence-corrected chi connectivity index (χ2v) is 8.41. The zero-order valence-corrected chi connectivity index (χ0v) is 20.9. The molecule has 194 valence electrons. The highest BCUT2D eigenvalue weighted by Gasteiger charge is 2.30. The number of nitrogens with zero attached hydrogens (tertiary/aromatic N) is 3. The molecule has 0 radical (unpaired) electrons. The van der Waals surface area contributed by atoms with Gasteiger partial charge < -0.3 is 26.7 Å². The molecule has 0 aliphatic heterocycles. The Balaban J connectivity index is 1.55. The Labute approximate surface area is 222 Å². The first kappa shape index (κ1) is 26.5. The Morgan fingerprint density at radius 3 is 2.26 bits per heavy atom. The molecule has 12 heteroatoms. The predicted octanol–water partition coefficient (Wildman–Crippen LogP) is 6.02. The molecule has 2 heterocycles. The van der Waals surface area contributed by atoms with Crippen LogP contribution in [0.4, 0.5) is 36.2 Å². The van der Waals surface area contributed by atoms with Gasteiger partial charge in [-0.15, -0.1) is 0 Å². The van der Waals surface area contributed by atoms with Gasteiger partial charge in [0.05, 0.1) is 11.1 Å². The average Bonchev–Trinajstić information content (AvgIpc) is 2.91. The summed E-state index contributed by atoms with van der Waals surface area (Å²) in [6.45, 7) is 0.472. The zero-order valence-electron chi connectivity index (χ0n) is 20.1. The van der Waals surface area contributed by atoms with Crippen molar-refractivity contribution in [1.29, 1.82) is 5.41 Å². The van der Waals surface area contributed by atoms with Crippen LogP contribution in [0.25, 0.3) is 11.4 Å². The highest BCUT2D eigenvalue weighted by Crippen LogP contribution is 2.31. The molecule has 0 fully saturated rings. The third-order valence-corrected chi connectivity index (χ3v) is 5.57. The lowest BCUT2D eigenvalue weighted by atomic mass is 10.1. The van der Waals surface area contributed by atoms with Crippen LogP contribution in [0.5, 0.6) is 0 Å². The van der Waals surface area contributed by atoms with Crippen molar-refractivity contribution in [3.05, 3.63) is 89.7 Å². The molecule has 2 aromatic carbocycles. The number of thiocarbonyl (C=S) groups is 1. The van der Waals surface area contributed by atoms with Crippen LogP contribution in [0.1, 0.15) is 16.7 Å². The van der Waals surface area contributed by atoms with Crippen LogP contribution in [-0.4, -0.2) is 33.3 Å². The van der Waals surface area contributed by atoms with Gasteiger partial charge in [0.25, 0.3) is 0 Å². The molecule has 0 spiro atoms. The van der Waals surface area contributed by atoms with Crippen molar-refractivity contribution in [2.45, 2.75) is 12.7 Å². The van der Waals surface area contributed by atoms with E-state index in [9.17, 15) is 13.2 Å².